The molecule has 1 aromatic carbocycles. The van der Waals surface area contributed by atoms with Gasteiger partial charge < -0.3 is 15.5 Å². The molecule has 0 amide bonds. The minimum absolute atomic E-state index is 0.195. The van der Waals surface area contributed by atoms with Gasteiger partial charge in [-0.25, -0.2) is 9.59 Å². The van der Waals surface area contributed by atoms with Crippen LogP contribution in [0, 0.1) is 22.7 Å². The fourth-order valence-electron chi connectivity index (χ4n) is 1.24. The van der Waals surface area contributed by atoms with Crippen LogP contribution in [-0.2, 0) is 0 Å². The maximum atomic E-state index is 10.9. The van der Waals surface area contributed by atoms with Crippen molar-refractivity contribution >= 4 is 17.6 Å². The van der Waals surface area contributed by atoms with Crippen LogP contribution in [-0.4, -0.2) is 22.2 Å². The van der Waals surface area contributed by atoms with Crippen LogP contribution in [0.25, 0.3) is 0 Å². The molecule has 0 spiro atoms. The van der Waals surface area contributed by atoms with Crippen LogP contribution in [0.2, 0.25) is 0 Å². The van der Waals surface area contributed by atoms with E-state index in [0.29, 0.717) is 0 Å². The molecule has 0 fully saturated rings. The number of nitrogens with zero attached hydrogens (tertiary/aromatic N) is 2. The largest absolute Gasteiger partial charge is 0.478 e. The van der Waals surface area contributed by atoms with Gasteiger partial charge in [-0.1, -0.05) is 0 Å². The van der Waals surface area contributed by atoms with E-state index in [4.69, 9.17) is 20.7 Å². The summed E-state index contributed by atoms with van der Waals surface area (Å²) in [4.78, 5) is 21.7. The minimum atomic E-state index is -1.38. The van der Waals surface area contributed by atoms with Gasteiger partial charge in [0, 0.05) is 11.9 Å². The molecule has 0 aliphatic heterocycles. The summed E-state index contributed by atoms with van der Waals surface area (Å²) >= 11 is 0. The number of anilines is 1. The van der Waals surface area contributed by atoms with Crippen LogP contribution in [0.1, 0.15) is 20.7 Å². The number of hydrogen-bond donors (Lipinski definition) is 3. The Balaban J connectivity index is 3.15. The Labute approximate surface area is 107 Å². The van der Waals surface area contributed by atoms with Gasteiger partial charge in [0.05, 0.1) is 11.1 Å². The molecule has 0 heterocycles. The number of benzene rings is 1. The smallest absolute Gasteiger partial charge is 0.336 e. The van der Waals surface area contributed by atoms with Gasteiger partial charge in [0.15, 0.2) is 0 Å². The Morgan fingerprint density at radius 3 is 2.16 bits per heavy atom. The Kier molecular flexibility index (Phi) is 4.23. The zero-order chi connectivity index (χ0) is 14.4. The summed E-state index contributed by atoms with van der Waals surface area (Å²) in [6.45, 7) is 0. The van der Waals surface area contributed by atoms with Crippen molar-refractivity contribution in [2.75, 3.05) is 5.32 Å². The van der Waals surface area contributed by atoms with Crippen molar-refractivity contribution in [1.29, 1.82) is 10.5 Å². The molecular formula is C12H7N3O4. The zero-order valence-electron chi connectivity index (χ0n) is 9.41. The SMILES string of the molecule is N#CC(C#N)=CNc1ccc(C(=O)O)c(C(=O)O)c1. The van der Waals surface area contributed by atoms with Gasteiger partial charge >= 0.3 is 11.9 Å². The van der Waals surface area contributed by atoms with Gasteiger partial charge in [-0.3, -0.25) is 0 Å². The zero-order valence-corrected chi connectivity index (χ0v) is 9.41. The van der Waals surface area contributed by atoms with Gasteiger partial charge in [-0.2, -0.15) is 10.5 Å². The van der Waals surface area contributed by atoms with Crippen molar-refractivity contribution < 1.29 is 19.8 Å². The summed E-state index contributed by atoms with van der Waals surface area (Å²) in [5, 5.41) is 37.3. The second-order valence-electron chi connectivity index (χ2n) is 3.30. The summed E-state index contributed by atoms with van der Waals surface area (Å²) in [6.07, 6.45) is 1.10. The summed E-state index contributed by atoms with van der Waals surface area (Å²) in [7, 11) is 0. The van der Waals surface area contributed by atoms with E-state index in [-0.39, 0.29) is 22.4 Å². The second kappa shape index (κ2) is 5.84. The summed E-state index contributed by atoms with van der Waals surface area (Å²) < 4.78 is 0. The van der Waals surface area contributed by atoms with Crippen molar-refractivity contribution in [3.8, 4) is 12.1 Å². The topological polar surface area (TPSA) is 134 Å². The second-order valence-corrected chi connectivity index (χ2v) is 3.30. The first-order valence-electron chi connectivity index (χ1n) is 4.87. The Morgan fingerprint density at radius 1 is 1.11 bits per heavy atom. The predicted molar refractivity (Wildman–Crippen MR) is 63.3 cm³/mol. The molecule has 0 radical (unpaired) electrons. The Hall–Kier alpha value is -3.32. The number of carbonyl (C=O) groups is 2. The molecule has 0 atom stereocenters. The van der Waals surface area contributed by atoms with E-state index < -0.39 is 11.9 Å². The quantitative estimate of drug-likeness (QED) is 0.694. The maximum Gasteiger partial charge on any atom is 0.336 e. The average Bonchev–Trinajstić information content (AvgIpc) is 2.39. The van der Waals surface area contributed by atoms with Crippen LogP contribution in [0.4, 0.5) is 5.69 Å². The third-order valence-corrected chi connectivity index (χ3v) is 2.10. The highest BCUT2D eigenvalue weighted by atomic mass is 16.4. The van der Waals surface area contributed by atoms with Crippen molar-refractivity contribution in [1.82, 2.24) is 0 Å². The third-order valence-electron chi connectivity index (χ3n) is 2.10. The number of nitrogens with one attached hydrogen (secondary N) is 1. The fraction of sp³-hybridized carbons (Fsp3) is 0. The number of carboxylic acid groups (broad SMARTS) is 2. The van der Waals surface area contributed by atoms with Crippen molar-refractivity contribution in [2.24, 2.45) is 0 Å². The number of aromatic carboxylic acids is 2. The van der Waals surface area contributed by atoms with Crippen LogP contribution in [0.15, 0.2) is 30.0 Å². The van der Waals surface area contributed by atoms with Crippen LogP contribution < -0.4 is 5.32 Å². The van der Waals surface area contributed by atoms with E-state index in [0.717, 1.165) is 18.3 Å². The predicted octanol–water partition coefficient (Wildman–Crippen LogP) is 1.43. The molecule has 0 aromatic heterocycles. The van der Waals surface area contributed by atoms with Crippen LogP contribution >= 0.6 is 0 Å². The molecular weight excluding hydrogens is 250 g/mol. The highest BCUT2D eigenvalue weighted by Crippen LogP contribution is 2.16. The van der Waals surface area contributed by atoms with Crippen LogP contribution in [0.5, 0.6) is 0 Å². The molecule has 7 nitrogen and oxygen atoms in total. The van der Waals surface area contributed by atoms with Gasteiger partial charge in [-0.05, 0) is 18.2 Å². The lowest BCUT2D eigenvalue weighted by molar-refractivity contribution is 0.0651. The lowest BCUT2D eigenvalue weighted by Gasteiger charge is -2.05. The molecule has 0 saturated heterocycles. The molecule has 0 aliphatic rings. The molecule has 0 aliphatic carbocycles. The maximum absolute atomic E-state index is 10.9. The van der Waals surface area contributed by atoms with E-state index in [2.05, 4.69) is 5.32 Å². The lowest BCUT2D eigenvalue weighted by atomic mass is 10.1. The van der Waals surface area contributed by atoms with Crippen molar-refractivity contribution in [3.63, 3.8) is 0 Å². The lowest BCUT2D eigenvalue weighted by Crippen LogP contribution is -2.08. The number of nitriles is 2. The minimum Gasteiger partial charge on any atom is -0.478 e. The Bertz CT molecular complexity index is 634. The van der Waals surface area contributed by atoms with Gasteiger partial charge in [0.1, 0.15) is 17.7 Å². The molecule has 7 heteroatoms. The highest BCUT2D eigenvalue weighted by molar-refractivity contribution is 6.02. The molecule has 0 saturated carbocycles. The fourth-order valence-corrected chi connectivity index (χ4v) is 1.24. The van der Waals surface area contributed by atoms with Crippen molar-refractivity contribution in [3.05, 3.63) is 41.1 Å². The third kappa shape index (κ3) is 3.32. The number of allylic oxidation sites excluding steroid dienone is 1. The highest BCUT2D eigenvalue weighted by Gasteiger charge is 2.16. The van der Waals surface area contributed by atoms with Gasteiger partial charge in [0.2, 0.25) is 0 Å². The summed E-state index contributed by atoms with van der Waals surface area (Å²) in [5.74, 6) is -2.74. The summed E-state index contributed by atoms with van der Waals surface area (Å²) in [5.41, 5.74) is -0.672. The number of hydrogen-bond acceptors (Lipinski definition) is 5. The molecule has 3 N–H and O–H groups in total. The molecule has 0 bridgehead atoms. The molecule has 1 aromatic rings. The van der Waals surface area contributed by atoms with E-state index >= 15 is 0 Å². The first-order chi connectivity index (χ1) is 8.99. The van der Waals surface area contributed by atoms with E-state index in [9.17, 15) is 9.59 Å². The normalized spacial score (nSPS) is 8.74. The standard InChI is InChI=1S/C12H7N3O4/c13-4-7(5-14)6-15-8-1-2-9(11(16)17)10(3-8)12(18)19/h1-3,6,15H,(H,16,17)(H,18,19). The molecule has 1 rings (SSSR count). The average molecular weight is 257 g/mol. The number of rotatable bonds is 4. The Morgan fingerprint density at radius 2 is 1.68 bits per heavy atom. The van der Waals surface area contributed by atoms with E-state index in [1.54, 1.807) is 12.1 Å². The van der Waals surface area contributed by atoms with Gasteiger partial charge in [0.25, 0.3) is 0 Å². The monoisotopic (exact) mass is 257 g/mol. The summed E-state index contributed by atoms with van der Waals surface area (Å²) in [6, 6.07) is 6.80. The molecule has 19 heavy (non-hydrogen) atoms. The van der Waals surface area contributed by atoms with E-state index in [1.807, 2.05) is 0 Å². The first kappa shape index (κ1) is 13.7. The first-order valence-corrected chi connectivity index (χ1v) is 4.87. The number of carboxylic acids is 2. The molecule has 0 unspecified atom stereocenters. The van der Waals surface area contributed by atoms with Crippen molar-refractivity contribution in [2.45, 2.75) is 0 Å². The van der Waals surface area contributed by atoms with Crippen LogP contribution in [0.3, 0.4) is 0 Å². The molecule has 94 valence electrons. The van der Waals surface area contributed by atoms with E-state index in [1.165, 1.54) is 6.07 Å². The van der Waals surface area contributed by atoms with Gasteiger partial charge in [-0.15, -0.1) is 0 Å².